The Morgan fingerprint density at radius 2 is 2.00 bits per heavy atom. The van der Waals surface area contributed by atoms with Gasteiger partial charge in [-0.25, -0.2) is 4.72 Å². The third-order valence-corrected chi connectivity index (χ3v) is 4.57. The number of nitrogen functional groups attached to an aromatic ring is 1. The van der Waals surface area contributed by atoms with Crippen molar-refractivity contribution >= 4 is 21.6 Å². The molecule has 0 radical (unpaired) electrons. The molecule has 18 heavy (non-hydrogen) atoms. The van der Waals surface area contributed by atoms with Gasteiger partial charge in [0.1, 0.15) is 0 Å². The highest BCUT2D eigenvalue weighted by Gasteiger charge is 2.26. The van der Waals surface area contributed by atoms with Crippen molar-refractivity contribution in [3.63, 3.8) is 0 Å². The van der Waals surface area contributed by atoms with Gasteiger partial charge in [0.2, 0.25) is 0 Å². The SMILES string of the molecule is CNS(=O)(=O)N1CCN(c2ccncc2N)CC1. The number of nitrogens with one attached hydrogen (secondary N) is 1. The fourth-order valence-corrected chi connectivity index (χ4v) is 2.89. The minimum absolute atomic E-state index is 0.449. The van der Waals surface area contributed by atoms with E-state index in [0.717, 1.165) is 5.69 Å². The first-order valence-electron chi connectivity index (χ1n) is 5.67. The van der Waals surface area contributed by atoms with Gasteiger partial charge in [-0.2, -0.15) is 12.7 Å². The molecule has 0 atom stereocenters. The zero-order valence-electron chi connectivity index (χ0n) is 10.2. The van der Waals surface area contributed by atoms with Crippen LogP contribution in [-0.2, 0) is 10.2 Å². The van der Waals surface area contributed by atoms with Crippen LogP contribution in [0, 0.1) is 0 Å². The first kappa shape index (κ1) is 13.1. The molecule has 3 N–H and O–H groups in total. The van der Waals surface area contributed by atoms with Crippen LogP contribution in [0.3, 0.4) is 0 Å². The van der Waals surface area contributed by atoms with Gasteiger partial charge in [-0.3, -0.25) is 4.98 Å². The van der Waals surface area contributed by atoms with Crippen LogP contribution in [0.1, 0.15) is 0 Å². The largest absolute Gasteiger partial charge is 0.396 e. The Morgan fingerprint density at radius 3 is 2.56 bits per heavy atom. The van der Waals surface area contributed by atoms with Crippen molar-refractivity contribution in [1.82, 2.24) is 14.0 Å². The Balaban J connectivity index is 2.06. The molecule has 1 aromatic heterocycles. The summed E-state index contributed by atoms with van der Waals surface area (Å²) < 4.78 is 27.0. The number of hydrogen-bond acceptors (Lipinski definition) is 5. The first-order valence-corrected chi connectivity index (χ1v) is 7.11. The Morgan fingerprint density at radius 1 is 1.33 bits per heavy atom. The molecule has 8 heteroatoms. The van der Waals surface area contributed by atoms with Crippen LogP contribution in [0.5, 0.6) is 0 Å². The highest BCUT2D eigenvalue weighted by molar-refractivity contribution is 7.87. The van der Waals surface area contributed by atoms with Gasteiger partial charge in [0.05, 0.1) is 17.6 Å². The molecule has 100 valence electrons. The van der Waals surface area contributed by atoms with Crippen LogP contribution in [0.4, 0.5) is 11.4 Å². The summed E-state index contributed by atoms with van der Waals surface area (Å²) in [6.45, 7) is 2.14. The normalized spacial score (nSPS) is 17.9. The number of hydrogen-bond donors (Lipinski definition) is 2. The summed E-state index contributed by atoms with van der Waals surface area (Å²) >= 11 is 0. The summed E-state index contributed by atoms with van der Waals surface area (Å²) in [5.74, 6) is 0. The number of anilines is 2. The predicted molar refractivity (Wildman–Crippen MR) is 70.4 cm³/mol. The molecule has 0 saturated carbocycles. The second kappa shape index (κ2) is 5.09. The highest BCUT2D eigenvalue weighted by Crippen LogP contribution is 2.22. The standard InChI is InChI=1S/C10H17N5O2S/c1-12-18(16,17)15-6-4-14(5-7-15)10-2-3-13-8-9(10)11/h2-3,8,12H,4-7,11H2,1H3. The molecule has 0 aliphatic carbocycles. The number of nitrogens with zero attached hydrogens (tertiary/aromatic N) is 3. The van der Waals surface area contributed by atoms with Gasteiger partial charge in [-0.1, -0.05) is 0 Å². The van der Waals surface area contributed by atoms with E-state index in [0.29, 0.717) is 31.9 Å². The van der Waals surface area contributed by atoms with Crippen LogP contribution in [0.2, 0.25) is 0 Å². The number of aromatic nitrogens is 1. The van der Waals surface area contributed by atoms with Gasteiger partial charge in [0.15, 0.2) is 0 Å². The van der Waals surface area contributed by atoms with Crippen molar-refractivity contribution < 1.29 is 8.42 Å². The Kier molecular flexibility index (Phi) is 3.69. The van der Waals surface area contributed by atoms with Gasteiger partial charge in [0, 0.05) is 39.4 Å². The van der Waals surface area contributed by atoms with E-state index in [9.17, 15) is 8.42 Å². The molecule has 0 bridgehead atoms. The van der Waals surface area contributed by atoms with Crippen LogP contribution in [0.25, 0.3) is 0 Å². The van der Waals surface area contributed by atoms with Crippen molar-refractivity contribution in [2.24, 2.45) is 0 Å². The quantitative estimate of drug-likeness (QED) is 0.755. The van der Waals surface area contributed by atoms with Crippen molar-refractivity contribution in [1.29, 1.82) is 0 Å². The fourth-order valence-electron chi connectivity index (χ4n) is 1.99. The Bertz CT molecular complexity index is 511. The van der Waals surface area contributed by atoms with Crippen molar-refractivity contribution in [2.75, 3.05) is 43.9 Å². The molecule has 1 aliphatic rings. The molecule has 0 aromatic carbocycles. The van der Waals surface area contributed by atoms with Crippen molar-refractivity contribution in [3.8, 4) is 0 Å². The van der Waals surface area contributed by atoms with Crippen LogP contribution in [-0.4, -0.2) is 50.9 Å². The highest BCUT2D eigenvalue weighted by atomic mass is 32.2. The van der Waals surface area contributed by atoms with E-state index in [1.807, 2.05) is 6.07 Å². The van der Waals surface area contributed by atoms with E-state index < -0.39 is 10.2 Å². The molecular weight excluding hydrogens is 254 g/mol. The molecular formula is C10H17N5O2S. The lowest BCUT2D eigenvalue weighted by Gasteiger charge is -2.35. The van der Waals surface area contributed by atoms with Gasteiger partial charge >= 0.3 is 0 Å². The van der Waals surface area contributed by atoms with Gasteiger partial charge in [-0.15, -0.1) is 0 Å². The fraction of sp³-hybridized carbons (Fsp3) is 0.500. The number of rotatable bonds is 3. The predicted octanol–water partition coefficient (Wildman–Crippen LogP) is -0.750. The van der Waals surface area contributed by atoms with E-state index in [4.69, 9.17) is 5.73 Å². The van der Waals surface area contributed by atoms with E-state index in [1.165, 1.54) is 11.4 Å². The summed E-state index contributed by atoms with van der Waals surface area (Å²) in [4.78, 5) is 6.01. The average molecular weight is 271 g/mol. The van der Waals surface area contributed by atoms with Crippen molar-refractivity contribution in [3.05, 3.63) is 18.5 Å². The monoisotopic (exact) mass is 271 g/mol. The average Bonchev–Trinajstić information content (AvgIpc) is 2.39. The summed E-state index contributed by atoms with van der Waals surface area (Å²) in [5, 5.41) is 0. The van der Waals surface area contributed by atoms with E-state index in [1.54, 1.807) is 12.4 Å². The Labute approximate surface area is 107 Å². The zero-order chi connectivity index (χ0) is 13.2. The summed E-state index contributed by atoms with van der Waals surface area (Å²) in [6.07, 6.45) is 3.29. The maximum atomic E-state index is 11.6. The van der Waals surface area contributed by atoms with Crippen LogP contribution in [0.15, 0.2) is 18.5 Å². The van der Waals surface area contributed by atoms with Crippen LogP contribution < -0.4 is 15.4 Å². The lowest BCUT2D eigenvalue weighted by molar-refractivity contribution is 0.381. The summed E-state index contributed by atoms with van der Waals surface area (Å²) in [7, 11) is -1.90. The summed E-state index contributed by atoms with van der Waals surface area (Å²) in [6, 6.07) is 1.84. The maximum absolute atomic E-state index is 11.6. The second-order valence-corrected chi connectivity index (χ2v) is 5.90. The van der Waals surface area contributed by atoms with E-state index >= 15 is 0 Å². The first-order chi connectivity index (χ1) is 8.54. The lowest BCUT2D eigenvalue weighted by Crippen LogP contribution is -2.51. The van der Waals surface area contributed by atoms with Crippen LogP contribution >= 0.6 is 0 Å². The molecule has 1 saturated heterocycles. The van der Waals surface area contributed by atoms with E-state index in [2.05, 4.69) is 14.6 Å². The van der Waals surface area contributed by atoms with Crippen molar-refractivity contribution in [2.45, 2.75) is 0 Å². The molecule has 0 unspecified atom stereocenters. The molecule has 7 nitrogen and oxygen atoms in total. The molecule has 1 aliphatic heterocycles. The number of nitrogens with two attached hydrogens (primary N) is 1. The molecule has 1 aromatic rings. The van der Waals surface area contributed by atoms with Gasteiger partial charge in [0.25, 0.3) is 10.2 Å². The maximum Gasteiger partial charge on any atom is 0.279 e. The van der Waals surface area contributed by atoms with E-state index in [-0.39, 0.29) is 0 Å². The molecule has 2 rings (SSSR count). The Hall–Kier alpha value is -1.38. The lowest BCUT2D eigenvalue weighted by atomic mass is 10.2. The summed E-state index contributed by atoms with van der Waals surface area (Å²) in [5.41, 5.74) is 7.37. The zero-order valence-corrected chi connectivity index (χ0v) is 11.0. The molecule has 2 heterocycles. The third kappa shape index (κ3) is 2.55. The molecule has 0 spiro atoms. The van der Waals surface area contributed by atoms with Gasteiger partial charge < -0.3 is 10.6 Å². The minimum Gasteiger partial charge on any atom is -0.396 e. The number of piperazine rings is 1. The minimum atomic E-state index is -3.32. The molecule has 0 amide bonds. The topological polar surface area (TPSA) is 91.6 Å². The number of pyridine rings is 1. The smallest absolute Gasteiger partial charge is 0.279 e. The van der Waals surface area contributed by atoms with Gasteiger partial charge in [-0.05, 0) is 6.07 Å². The second-order valence-electron chi connectivity index (χ2n) is 4.03. The molecule has 1 fully saturated rings. The third-order valence-electron chi connectivity index (χ3n) is 3.01.